The SMILES string of the molecule is CC(C)OCCC[NH2+]Cc1cccs1. The Balaban J connectivity index is 1.90. The van der Waals surface area contributed by atoms with E-state index in [0.29, 0.717) is 6.10 Å². The zero-order valence-corrected chi connectivity index (χ0v) is 9.85. The number of thiophene rings is 1. The minimum Gasteiger partial charge on any atom is -0.379 e. The maximum atomic E-state index is 5.46. The van der Waals surface area contributed by atoms with Gasteiger partial charge in [-0.1, -0.05) is 6.07 Å². The molecule has 1 rings (SSSR count). The molecule has 0 bridgehead atoms. The lowest BCUT2D eigenvalue weighted by atomic mass is 10.4. The molecule has 0 saturated heterocycles. The molecule has 0 aliphatic heterocycles. The molecule has 14 heavy (non-hydrogen) atoms. The van der Waals surface area contributed by atoms with Crippen LogP contribution in [0.2, 0.25) is 0 Å². The van der Waals surface area contributed by atoms with E-state index >= 15 is 0 Å². The highest BCUT2D eigenvalue weighted by atomic mass is 32.1. The summed E-state index contributed by atoms with van der Waals surface area (Å²) in [5.74, 6) is 0. The molecule has 0 fully saturated rings. The Kier molecular flexibility index (Phi) is 5.83. The zero-order chi connectivity index (χ0) is 10.2. The lowest BCUT2D eigenvalue weighted by Crippen LogP contribution is -2.82. The van der Waals surface area contributed by atoms with Gasteiger partial charge in [0.15, 0.2) is 0 Å². The molecule has 0 radical (unpaired) electrons. The van der Waals surface area contributed by atoms with Crippen molar-refractivity contribution in [3.8, 4) is 0 Å². The predicted octanol–water partition coefficient (Wildman–Crippen LogP) is 1.63. The molecule has 0 atom stereocenters. The second-order valence-corrected chi connectivity index (χ2v) is 4.67. The van der Waals surface area contributed by atoms with E-state index < -0.39 is 0 Å². The third-order valence-electron chi connectivity index (χ3n) is 1.93. The molecule has 2 N–H and O–H groups in total. The minimum atomic E-state index is 0.368. The number of nitrogens with two attached hydrogens (primary N) is 1. The van der Waals surface area contributed by atoms with Gasteiger partial charge in [0.05, 0.1) is 24.1 Å². The van der Waals surface area contributed by atoms with Crippen LogP contribution in [-0.4, -0.2) is 19.3 Å². The summed E-state index contributed by atoms with van der Waals surface area (Å²) in [6, 6.07) is 4.29. The predicted molar refractivity (Wildman–Crippen MR) is 60.5 cm³/mol. The van der Waals surface area contributed by atoms with Crippen LogP contribution in [0.15, 0.2) is 17.5 Å². The van der Waals surface area contributed by atoms with Crippen molar-refractivity contribution in [3.05, 3.63) is 22.4 Å². The van der Waals surface area contributed by atoms with E-state index in [0.717, 1.165) is 26.1 Å². The first-order valence-corrected chi connectivity index (χ1v) is 6.12. The van der Waals surface area contributed by atoms with Gasteiger partial charge in [-0.25, -0.2) is 0 Å². The van der Waals surface area contributed by atoms with Gasteiger partial charge in [0, 0.05) is 6.42 Å². The van der Waals surface area contributed by atoms with Crippen LogP contribution in [0, 0.1) is 0 Å². The van der Waals surface area contributed by atoms with Crippen LogP contribution in [0.4, 0.5) is 0 Å². The molecular weight excluding hydrogens is 194 g/mol. The average Bonchev–Trinajstić information content (AvgIpc) is 2.63. The smallest absolute Gasteiger partial charge is 0.111 e. The van der Waals surface area contributed by atoms with Crippen LogP contribution in [0.5, 0.6) is 0 Å². The van der Waals surface area contributed by atoms with Crippen LogP contribution in [-0.2, 0) is 11.3 Å². The highest BCUT2D eigenvalue weighted by Gasteiger charge is 1.97. The molecule has 1 aromatic rings. The number of rotatable bonds is 7. The third-order valence-corrected chi connectivity index (χ3v) is 2.83. The first-order chi connectivity index (χ1) is 6.79. The minimum absolute atomic E-state index is 0.368. The quantitative estimate of drug-likeness (QED) is 0.686. The fourth-order valence-corrected chi connectivity index (χ4v) is 1.92. The van der Waals surface area contributed by atoms with E-state index in [1.807, 2.05) is 11.3 Å². The second kappa shape index (κ2) is 6.98. The first-order valence-electron chi connectivity index (χ1n) is 5.24. The summed E-state index contributed by atoms with van der Waals surface area (Å²) in [5.41, 5.74) is 0. The maximum Gasteiger partial charge on any atom is 0.111 e. The van der Waals surface area contributed by atoms with E-state index in [9.17, 15) is 0 Å². The zero-order valence-electron chi connectivity index (χ0n) is 9.03. The molecule has 3 heteroatoms. The van der Waals surface area contributed by atoms with E-state index in [-0.39, 0.29) is 0 Å². The van der Waals surface area contributed by atoms with Gasteiger partial charge in [-0.15, -0.1) is 11.3 Å². The van der Waals surface area contributed by atoms with Gasteiger partial charge in [0.2, 0.25) is 0 Å². The largest absolute Gasteiger partial charge is 0.379 e. The summed E-state index contributed by atoms with van der Waals surface area (Å²) in [6.07, 6.45) is 1.51. The summed E-state index contributed by atoms with van der Waals surface area (Å²) in [6.45, 7) is 7.31. The molecule has 1 aromatic heterocycles. The highest BCUT2D eigenvalue weighted by Crippen LogP contribution is 2.05. The van der Waals surface area contributed by atoms with Crippen molar-refractivity contribution in [1.82, 2.24) is 0 Å². The highest BCUT2D eigenvalue weighted by molar-refractivity contribution is 7.09. The van der Waals surface area contributed by atoms with Crippen molar-refractivity contribution >= 4 is 11.3 Å². The van der Waals surface area contributed by atoms with Gasteiger partial charge in [-0.2, -0.15) is 0 Å². The topological polar surface area (TPSA) is 25.8 Å². The Bertz CT molecular complexity index is 221. The van der Waals surface area contributed by atoms with Gasteiger partial charge in [-0.3, -0.25) is 0 Å². The van der Waals surface area contributed by atoms with E-state index in [1.165, 1.54) is 4.88 Å². The van der Waals surface area contributed by atoms with Gasteiger partial charge < -0.3 is 10.1 Å². The van der Waals surface area contributed by atoms with E-state index in [1.54, 1.807) is 0 Å². The molecule has 0 aliphatic rings. The molecule has 0 unspecified atom stereocenters. The van der Waals surface area contributed by atoms with Crippen molar-refractivity contribution < 1.29 is 10.1 Å². The summed E-state index contributed by atoms with van der Waals surface area (Å²) < 4.78 is 5.46. The molecule has 0 aliphatic carbocycles. The molecular formula is C11H20NOS+. The maximum absolute atomic E-state index is 5.46. The third kappa shape index (κ3) is 5.37. The summed E-state index contributed by atoms with van der Waals surface area (Å²) in [4.78, 5) is 1.45. The van der Waals surface area contributed by atoms with Crippen molar-refractivity contribution in [2.45, 2.75) is 32.9 Å². The molecule has 0 amide bonds. The fourth-order valence-electron chi connectivity index (χ4n) is 1.22. The van der Waals surface area contributed by atoms with Gasteiger partial charge >= 0.3 is 0 Å². The Morgan fingerprint density at radius 3 is 3.00 bits per heavy atom. The lowest BCUT2D eigenvalue weighted by Gasteiger charge is -2.06. The van der Waals surface area contributed by atoms with Crippen molar-refractivity contribution in [3.63, 3.8) is 0 Å². The van der Waals surface area contributed by atoms with E-state index in [4.69, 9.17) is 4.74 Å². The number of ether oxygens (including phenoxy) is 1. The summed E-state index contributed by atoms with van der Waals surface area (Å²) in [5, 5.41) is 4.47. The molecule has 0 aromatic carbocycles. The number of hydrogen-bond donors (Lipinski definition) is 1. The van der Waals surface area contributed by atoms with Gasteiger partial charge in [-0.05, 0) is 25.3 Å². The Hall–Kier alpha value is -0.380. The van der Waals surface area contributed by atoms with Gasteiger partial charge in [0.1, 0.15) is 6.54 Å². The molecule has 1 heterocycles. The monoisotopic (exact) mass is 214 g/mol. The average molecular weight is 214 g/mol. The molecule has 0 saturated carbocycles. The molecule has 2 nitrogen and oxygen atoms in total. The van der Waals surface area contributed by atoms with Crippen molar-refractivity contribution in [1.29, 1.82) is 0 Å². The van der Waals surface area contributed by atoms with E-state index in [2.05, 4.69) is 36.7 Å². The Labute approximate surface area is 90.3 Å². The first kappa shape index (κ1) is 11.7. The van der Waals surface area contributed by atoms with Gasteiger partial charge in [0.25, 0.3) is 0 Å². The number of quaternary nitrogens is 1. The van der Waals surface area contributed by atoms with Crippen LogP contribution < -0.4 is 5.32 Å². The van der Waals surface area contributed by atoms with Crippen molar-refractivity contribution in [2.75, 3.05) is 13.2 Å². The summed E-state index contributed by atoms with van der Waals surface area (Å²) >= 11 is 1.83. The molecule has 80 valence electrons. The lowest BCUT2D eigenvalue weighted by molar-refractivity contribution is -0.670. The van der Waals surface area contributed by atoms with Crippen LogP contribution in [0.1, 0.15) is 25.1 Å². The normalized spacial score (nSPS) is 11.1. The van der Waals surface area contributed by atoms with Crippen molar-refractivity contribution in [2.24, 2.45) is 0 Å². The Morgan fingerprint density at radius 2 is 2.36 bits per heavy atom. The molecule has 0 spiro atoms. The fraction of sp³-hybridized carbons (Fsp3) is 0.636. The Morgan fingerprint density at radius 1 is 1.50 bits per heavy atom. The van der Waals surface area contributed by atoms with Crippen LogP contribution in [0.3, 0.4) is 0 Å². The van der Waals surface area contributed by atoms with Crippen LogP contribution >= 0.6 is 11.3 Å². The van der Waals surface area contributed by atoms with Crippen LogP contribution in [0.25, 0.3) is 0 Å². The second-order valence-electron chi connectivity index (χ2n) is 3.63. The number of hydrogen-bond acceptors (Lipinski definition) is 2. The standard InChI is InChI=1S/C11H19NOS/c1-10(2)13-7-4-6-12-9-11-5-3-8-14-11/h3,5,8,10,12H,4,6-7,9H2,1-2H3/p+1. The summed E-state index contributed by atoms with van der Waals surface area (Å²) in [7, 11) is 0.